The average molecular weight is 326 g/mol. The Hall–Kier alpha value is -1.11. The van der Waals surface area contributed by atoms with Gasteiger partial charge < -0.3 is 10.1 Å². The molecule has 1 aromatic rings. The van der Waals surface area contributed by atoms with Crippen LogP contribution in [0.4, 0.5) is 0 Å². The van der Waals surface area contributed by atoms with Crippen LogP contribution in [0, 0.1) is 6.92 Å². The molecule has 1 heterocycles. The lowest BCUT2D eigenvalue weighted by atomic mass is 10.0. The molecule has 0 amide bonds. The predicted octanol–water partition coefficient (Wildman–Crippen LogP) is 2.20. The van der Waals surface area contributed by atoms with Crippen molar-refractivity contribution in [2.45, 2.75) is 63.6 Å². The van der Waals surface area contributed by atoms with E-state index < -0.39 is 10.0 Å². The van der Waals surface area contributed by atoms with E-state index >= 15 is 0 Å². The van der Waals surface area contributed by atoms with Crippen molar-refractivity contribution >= 4 is 10.0 Å². The van der Waals surface area contributed by atoms with Crippen molar-refractivity contribution in [1.29, 1.82) is 0 Å². The van der Waals surface area contributed by atoms with Crippen LogP contribution in [0.15, 0.2) is 23.1 Å². The zero-order valence-corrected chi connectivity index (χ0v) is 14.5. The van der Waals surface area contributed by atoms with E-state index in [4.69, 9.17) is 4.74 Å². The van der Waals surface area contributed by atoms with Gasteiger partial charge in [0.05, 0.1) is 11.0 Å². The van der Waals surface area contributed by atoms with Gasteiger partial charge in [0.25, 0.3) is 0 Å². The van der Waals surface area contributed by atoms with Crippen LogP contribution < -0.4 is 14.8 Å². The summed E-state index contributed by atoms with van der Waals surface area (Å²) in [6, 6.07) is 5.34. The average Bonchev–Trinajstić information content (AvgIpc) is 2.40. The molecule has 0 aromatic heterocycles. The van der Waals surface area contributed by atoms with Gasteiger partial charge in [0, 0.05) is 12.1 Å². The van der Waals surface area contributed by atoms with Gasteiger partial charge in [-0.05, 0) is 70.8 Å². The summed E-state index contributed by atoms with van der Waals surface area (Å²) < 4.78 is 33.5. The maximum absolute atomic E-state index is 12.5. The number of aryl methyl sites for hydroxylation is 1. The molecule has 124 valence electrons. The maximum atomic E-state index is 12.5. The van der Waals surface area contributed by atoms with Crippen molar-refractivity contribution in [1.82, 2.24) is 10.0 Å². The number of benzene rings is 1. The molecule has 2 rings (SSSR count). The Bertz CT molecular complexity index is 614. The van der Waals surface area contributed by atoms with E-state index in [-0.39, 0.29) is 12.1 Å². The summed E-state index contributed by atoms with van der Waals surface area (Å²) in [5.74, 6) is 0.726. The first-order valence-electron chi connectivity index (χ1n) is 7.81. The van der Waals surface area contributed by atoms with Crippen molar-refractivity contribution < 1.29 is 13.2 Å². The molecule has 1 saturated heterocycles. The van der Waals surface area contributed by atoms with Gasteiger partial charge in [-0.2, -0.15) is 0 Å². The van der Waals surface area contributed by atoms with Gasteiger partial charge in [0.2, 0.25) is 10.0 Å². The molecule has 1 fully saturated rings. The van der Waals surface area contributed by atoms with Gasteiger partial charge in [0.15, 0.2) is 0 Å². The normalized spacial score (nSPS) is 22.8. The fraction of sp³-hybridized carbons (Fsp3) is 0.625. The second-order valence-corrected chi connectivity index (χ2v) is 8.01. The quantitative estimate of drug-likeness (QED) is 0.870. The molecule has 0 saturated carbocycles. The predicted molar refractivity (Wildman–Crippen MR) is 87.8 cm³/mol. The molecule has 0 spiro atoms. The molecule has 1 aliphatic heterocycles. The lowest BCUT2D eigenvalue weighted by molar-refractivity contribution is 0.240. The summed E-state index contributed by atoms with van der Waals surface area (Å²) in [5, 5.41) is 3.32. The molecule has 2 N–H and O–H groups in total. The highest BCUT2D eigenvalue weighted by molar-refractivity contribution is 7.89. The molecule has 1 aromatic carbocycles. The molecule has 6 heteroatoms. The Morgan fingerprint density at radius 3 is 2.68 bits per heavy atom. The summed E-state index contributed by atoms with van der Waals surface area (Å²) in [5.41, 5.74) is 0.829. The van der Waals surface area contributed by atoms with Crippen LogP contribution >= 0.6 is 0 Å². The largest absolute Gasteiger partial charge is 0.491 e. The zero-order chi connectivity index (χ0) is 16.3. The Morgan fingerprint density at radius 1 is 1.36 bits per heavy atom. The number of nitrogens with one attached hydrogen (secondary N) is 2. The first-order chi connectivity index (χ1) is 10.3. The van der Waals surface area contributed by atoms with Gasteiger partial charge in [-0.3, -0.25) is 0 Å². The number of piperidine rings is 1. The van der Waals surface area contributed by atoms with Crippen molar-refractivity contribution in [3.05, 3.63) is 23.8 Å². The molecule has 0 radical (unpaired) electrons. The van der Waals surface area contributed by atoms with E-state index in [0.29, 0.717) is 10.9 Å². The van der Waals surface area contributed by atoms with Crippen LogP contribution in [0.2, 0.25) is 0 Å². The van der Waals surface area contributed by atoms with E-state index in [1.165, 1.54) is 0 Å². The number of rotatable bonds is 5. The highest BCUT2D eigenvalue weighted by atomic mass is 32.2. The molecular weight excluding hydrogens is 300 g/mol. The lowest BCUT2D eigenvalue weighted by Crippen LogP contribution is -2.46. The number of hydrogen-bond donors (Lipinski definition) is 2. The third-order valence-corrected chi connectivity index (χ3v) is 5.28. The van der Waals surface area contributed by atoms with Crippen molar-refractivity contribution in [2.75, 3.05) is 6.54 Å². The topological polar surface area (TPSA) is 67.4 Å². The van der Waals surface area contributed by atoms with Gasteiger partial charge in [-0.25, -0.2) is 13.1 Å². The molecule has 0 bridgehead atoms. The molecule has 2 unspecified atom stereocenters. The standard InChI is InChI=1S/C16H26N2O3S/c1-11(2)21-16-6-5-15(9-12(16)3)22(19,20)18-14-7-8-17-13(4)10-14/h5-6,9,11,13-14,17-18H,7-8,10H2,1-4H3. The van der Waals surface area contributed by atoms with Gasteiger partial charge in [0.1, 0.15) is 5.75 Å². The molecule has 1 aliphatic rings. The van der Waals surface area contributed by atoms with Crippen molar-refractivity contribution in [3.8, 4) is 5.75 Å². The van der Waals surface area contributed by atoms with Gasteiger partial charge in [-0.1, -0.05) is 0 Å². The first kappa shape index (κ1) is 17.2. The lowest BCUT2D eigenvalue weighted by Gasteiger charge is -2.28. The van der Waals surface area contributed by atoms with Crippen LogP contribution in [0.5, 0.6) is 5.75 Å². The van der Waals surface area contributed by atoms with Crippen LogP contribution in [0.3, 0.4) is 0 Å². The van der Waals surface area contributed by atoms with Gasteiger partial charge >= 0.3 is 0 Å². The minimum Gasteiger partial charge on any atom is -0.491 e. The van der Waals surface area contributed by atoms with Crippen molar-refractivity contribution in [2.24, 2.45) is 0 Å². The fourth-order valence-electron chi connectivity index (χ4n) is 2.70. The number of ether oxygens (including phenoxy) is 1. The van der Waals surface area contributed by atoms with E-state index in [1.54, 1.807) is 18.2 Å². The Balaban J connectivity index is 2.13. The van der Waals surface area contributed by atoms with Crippen LogP contribution in [0.1, 0.15) is 39.2 Å². The minimum atomic E-state index is -3.48. The highest BCUT2D eigenvalue weighted by Gasteiger charge is 2.24. The van der Waals surface area contributed by atoms with E-state index in [1.807, 2.05) is 20.8 Å². The number of hydrogen-bond acceptors (Lipinski definition) is 4. The van der Waals surface area contributed by atoms with Crippen molar-refractivity contribution in [3.63, 3.8) is 0 Å². The fourth-order valence-corrected chi connectivity index (χ4v) is 4.07. The third kappa shape index (κ3) is 4.44. The zero-order valence-electron chi connectivity index (χ0n) is 13.7. The Labute approximate surface area is 133 Å². The molecule has 0 aliphatic carbocycles. The molecular formula is C16H26N2O3S. The summed E-state index contributed by atoms with van der Waals surface area (Å²) in [6.07, 6.45) is 1.69. The SMILES string of the molecule is Cc1cc(S(=O)(=O)NC2CCNC(C)C2)ccc1OC(C)C. The van der Waals surface area contributed by atoms with E-state index in [0.717, 1.165) is 30.7 Å². The van der Waals surface area contributed by atoms with Crippen LogP contribution in [-0.4, -0.2) is 33.2 Å². The summed E-state index contributed by atoms with van der Waals surface area (Å²) in [6.45, 7) is 8.67. The Morgan fingerprint density at radius 2 is 2.09 bits per heavy atom. The molecule has 2 atom stereocenters. The van der Waals surface area contributed by atoms with E-state index in [2.05, 4.69) is 17.0 Å². The Kier molecular flexibility index (Phi) is 5.47. The smallest absolute Gasteiger partial charge is 0.240 e. The monoisotopic (exact) mass is 326 g/mol. The molecule has 22 heavy (non-hydrogen) atoms. The first-order valence-corrected chi connectivity index (χ1v) is 9.29. The summed E-state index contributed by atoms with van der Waals surface area (Å²) in [7, 11) is -3.48. The minimum absolute atomic E-state index is 0.00635. The summed E-state index contributed by atoms with van der Waals surface area (Å²) >= 11 is 0. The second-order valence-electron chi connectivity index (χ2n) is 6.29. The molecule has 5 nitrogen and oxygen atoms in total. The highest BCUT2D eigenvalue weighted by Crippen LogP contribution is 2.23. The number of sulfonamides is 1. The van der Waals surface area contributed by atoms with E-state index in [9.17, 15) is 8.42 Å². The second kappa shape index (κ2) is 6.98. The third-order valence-electron chi connectivity index (χ3n) is 3.76. The summed E-state index contributed by atoms with van der Waals surface area (Å²) in [4.78, 5) is 0.298. The van der Waals surface area contributed by atoms with Crippen LogP contribution in [-0.2, 0) is 10.0 Å². The maximum Gasteiger partial charge on any atom is 0.240 e. The van der Waals surface area contributed by atoms with Crippen LogP contribution in [0.25, 0.3) is 0 Å². The van der Waals surface area contributed by atoms with Gasteiger partial charge in [-0.15, -0.1) is 0 Å².